The molecule has 0 aliphatic carbocycles. The molecule has 1 saturated heterocycles. The van der Waals surface area contributed by atoms with Crippen LogP contribution in [0.1, 0.15) is 5.56 Å². The molecule has 170 valence electrons. The van der Waals surface area contributed by atoms with Gasteiger partial charge in [0.05, 0.1) is 5.52 Å². The van der Waals surface area contributed by atoms with Gasteiger partial charge in [-0.3, -0.25) is 4.90 Å². The van der Waals surface area contributed by atoms with Crippen molar-refractivity contribution in [1.82, 2.24) is 24.7 Å². The fraction of sp³-hybridized carbons (Fsp3) is 0.320. The van der Waals surface area contributed by atoms with Crippen LogP contribution in [0.25, 0.3) is 10.9 Å². The average Bonchev–Trinajstić information content (AvgIpc) is 2.83. The van der Waals surface area contributed by atoms with E-state index in [-0.39, 0.29) is 6.03 Å². The zero-order valence-corrected chi connectivity index (χ0v) is 19.1. The molecule has 1 fully saturated rings. The number of nitrogens with zero attached hydrogens (tertiary/aromatic N) is 5. The Balaban J connectivity index is 1.44. The predicted molar refractivity (Wildman–Crippen MR) is 133 cm³/mol. The Kier molecular flexibility index (Phi) is 7.03. The summed E-state index contributed by atoms with van der Waals surface area (Å²) in [7, 11) is 4.15. The van der Waals surface area contributed by atoms with E-state index in [1.807, 2.05) is 47.4 Å². The number of aromatic nitrogens is 2. The largest absolute Gasteiger partial charge is 0.340 e. The Bertz CT molecular complexity index is 1160. The van der Waals surface area contributed by atoms with Crippen LogP contribution in [-0.4, -0.2) is 84.1 Å². The molecule has 33 heavy (non-hydrogen) atoms. The zero-order valence-electron chi connectivity index (χ0n) is 19.1. The van der Waals surface area contributed by atoms with E-state index >= 15 is 0 Å². The first-order valence-corrected chi connectivity index (χ1v) is 11.0. The maximum Gasteiger partial charge on any atom is 0.321 e. The number of fused-ring (bicyclic) bond motifs is 1. The highest BCUT2D eigenvalue weighted by Gasteiger charge is 2.21. The molecule has 1 aliphatic rings. The minimum Gasteiger partial charge on any atom is -0.340 e. The Morgan fingerprint density at radius 2 is 1.91 bits per heavy atom. The van der Waals surface area contributed by atoms with Gasteiger partial charge in [0, 0.05) is 61.6 Å². The van der Waals surface area contributed by atoms with Crippen molar-refractivity contribution in [1.29, 1.82) is 0 Å². The van der Waals surface area contributed by atoms with Crippen molar-refractivity contribution >= 4 is 34.1 Å². The van der Waals surface area contributed by atoms with Crippen LogP contribution in [0, 0.1) is 12.3 Å². The summed E-state index contributed by atoms with van der Waals surface area (Å²) in [5.41, 5.74) is 3.12. The molecule has 2 N–H and O–H groups in total. The normalized spacial score (nSPS) is 14.3. The molecule has 0 atom stereocenters. The number of piperazine rings is 1. The maximum atomic E-state index is 12.8. The van der Waals surface area contributed by atoms with Gasteiger partial charge in [-0.25, -0.2) is 14.8 Å². The van der Waals surface area contributed by atoms with E-state index in [9.17, 15) is 4.79 Å². The monoisotopic (exact) mass is 443 g/mol. The highest BCUT2D eigenvalue weighted by Crippen LogP contribution is 2.26. The SMILES string of the molecule is C#Cc1cccc(Nc2ncnc3ccc(NC(=O)N4CCN(CCN(C)C)CC4)cc23)c1. The van der Waals surface area contributed by atoms with Gasteiger partial charge in [0.15, 0.2) is 0 Å². The number of anilines is 3. The molecule has 3 aromatic rings. The number of hydrogen-bond acceptors (Lipinski definition) is 6. The number of nitrogens with one attached hydrogen (secondary N) is 2. The van der Waals surface area contributed by atoms with Crippen LogP contribution in [0.5, 0.6) is 0 Å². The van der Waals surface area contributed by atoms with Crippen molar-refractivity contribution in [2.24, 2.45) is 0 Å². The second kappa shape index (κ2) is 10.3. The van der Waals surface area contributed by atoms with E-state index in [1.54, 1.807) is 0 Å². The molecule has 0 unspecified atom stereocenters. The van der Waals surface area contributed by atoms with Crippen LogP contribution < -0.4 is 10.6 Å². The number of carbonyl (C=O) groups excluding carboxylic acids is 1. The van der Waals surface area contributed by atoms with Crippen LogP contribution >= 0.6 is 0 Å². The number of carbonyl (C=O) groups is 1. The van der Waals surface area contributed by atoms with Crippen molar-refractivity contribution < 1.29 is 4.79 Å². The molecular formula is C25H29N7O. The summed E-state index contributed by atoms with van der Waals surface area (Å²) in [5, 5.41) is 7.15. The number of amides is 2. The summed E-state index contributed by atoms with van der Waals surface area (Å²) < 4.78 is 0. The van der Waals surface area contributed by atoms with Gasteiger partial charge < -0.3 is 20.4 Å². The lowest BCUT2D eigenvalue weighted by atomic mass is 10.2. The molecule has 0 spiro atoms. The molecule has 8 heteroatoms. The molecular weight excluding hydrogens is 414 g/mol. The minimum atomic E-state index is -0.0883. The summed E-state index contributed by atoms with van der Waals surface area (Å²) in [6.07, 6.45) is 7.03. The molecule has 2 heterocycles. The van der Waals surface area contributed by atoms with Crippen molar-refractivity contribution in [3.63, 3.8) is 0 Å². The van der Waals surface area contributed by atoms with Gasteiger partial charge >= 0.3 is 6.03 Å². The first kappa shape index (κ1) is 22.5. The van der Waals surface area contributed by atoms with Crippen LogP contribution in [0.15, 0.2) is 48.8 Å². The van der Waals surface area contributed by atoms with Gasteiger partial charge in [0.25, 0.3) is 0 Å². The Morgan fingerprint density at radius 3 is 2.67 bits per heavy atom. The van der Waals surface area contributed by atoms with Gasteiger partial charge in [0.2, 0.25) is 0 Å². The first-order chi connectivity index (χ1) is 16.0. The van der Waals surface area contributed by atoms with Gasteiger partial charge in [-0.2, -0.15) is 0 Å². The van der Waals surface area contributed by atoms with Crippen molar-refractivity contribution in [2.45, 2.75) is 0 Å². The number of benzene rings is 2. The van der Waals surface area contributed by atoms with Crippen LogP contribution in [0.4, 0.5) is 22.0 Å². The Morgan fingerprint density at radius 1 is 1.09 bits per heavy atom. The van der Waals surface area contributed by atoms with E-state index < -0.39 is 0 Å². The fourth-order valence-corrected chi connectivity index (χ4v) is 3.78. The second-order valence-corrected chi connectivity index (χ2v) is 8.37. The lowest BCUT2D eigenvalue weighted by Gasteiger charge is -2.35. The molecule has 8 nitrogen and oxygen atoms in total. The summed E-state index contributed by atoms with van der Waals surface area (Å²) in [5.74, 6) is 3.29. The highest BCUT2D eigenvalue weighted by atomic mass is 16.2. The number of likely N-dealkylation sites (N-methyl/N-ethyl adjacent to an activating group) is 1. The minimum absolute atomic E-state index is 0.0883. The van der Waals surface area contributed by atoms with E-state index in [0.29, 0.717) is 24.6 Å². The lowest BCUT2D eigenvalue weighted by Crippen LogP contribution is -2.51. The van der Waals surface area contributed by atoms with Crippen LogP contribution in [0.2, 0.25) is 0 Å². The second-order valence-electron chi connectivity index (χ2n) is 8.37. The maximum absolute atomic E-state index is 12.8. The van der Waals surface area contributed by atoms with E-state index in [0.717, 1.165) is 48.3 Å². The predicted octanol–water partition coefficient (Wildman–Crippen LogP) is 3.07. The van der Waals surface area contributed by atoms with Crippen molar-refractivity contribution in [3.8, 4) is 12.3 Å². The number of terminal acetylenes is 1. The Hall–Kier alpha value is -3.67. The summed E-state index contributed by atoms with van der Waals surface area (Å²) in [6.45, 7) is 5.25. The summed E-state index contributed by atoms with van der Waals surface area (Å²) in [4.78, 5) is 28.0. The third kappa shape index (κ3) is 5.77. The van der Waals surface area contributed by atoms with E-state index in [1.165, 1.54) is 6.33 Å². The number of urea groups is 1. The molecule has 4 rings (SSSR count). The fourth-order valence-electron chi connectivity index (χ4n) is 3.78. The zero-order chi connectivity index (χ0) is 23.2. The van der Waals surface area contributed by atoms with Gasteiger partial charge in [-0.05, 0) is 50.5 Å². The third-order valence-corrected chi connectivity index (χ3v) is 5.70. The third-order valence-electron chi connectivity index (χ3n) is 5.70. The Labute approximate surface area is 194 Å². The van der Waals surface area contributed by atoms with Crippen LogP contribution in [-0.2, 0) is 0 Å². The van der Waals surface area contributed by atoms with Crippen molar-refractivity contribution in [3.05, 3.63) is 54.4 Å². The molecule has 0 radical (unpaired) electrons. The van der Waals surface area contributed by atoms with E-state index in [2.05, 4.69) is 50.4 Å². The molecule has 0 bridgehead atoms. The van der Waals surface area contributed by atoms with Crippen molar-refractivity contribution in [2.75, 3.05) is 64.0 Å². The molecule has 0 saturated carbocycles. The molecule has 1 aromatic heterocycles. The van der Waals surface area contributed by atoms with Crippen LogP contribution in [0.3, 0.4) is 0 Å². The van der Waals surface area contributed by atoms with E-state index in [4.69, 9.17) is 6.42 Å². The molecule has 2 amide bonds. The van der Waals surface area contributed by atoms with Gasteiger partial charge in [-0.1, -0.05) is 12.0 Å². The van der Waals surface area contributed by atoms with Gasteiger partial charge in [-0.15, -0.1) is 6.42 Å². The topological polar surface area (TPSA) is 76.6 Å². The highest BCUT2D eigenvalue weighted by molar-refractivity contribution is 5.96. The first-order valence-electron chi connectivity index (χ1n) is 11.0. The smallest absolute Gasteiger partial charge is 0.321 e. The summed E-state index contributed by atoms with van der Waals surface area (Å²) >= 11 is 0. The van der Waals surface area contributed by atoms with Gasteiger partial charge in [0.1, 0.15) is 12.1 Å². The number of rotatable bonds is 6. The molecule has 1 aliphatic heterocycles. The summed E-state index contributed by atoms with van der Waals surface area (Å²) in [6, 6.07) is 13.1. The molecule has 2 aromatic carbocycles. The number of hydrogen-bond donors (Lipinski definition) is 2. The quantitative estimate of drug-likeness (QED) is 0.571. The average molecular weight is 444 g/mol. The lowest BCUT2D eigenvalue weighted by molar-refractivity contribution is 0.140. The standard InChI is InChI=1S/C25H29N7O/c1-4-19-6-5-7-20(16-19)28-24-22-17-21(8-9-23(22)26-18-27-24)29-25(33)32-14-12-31(13-15-32)11-10-30(2)3/h1,5-9,16-18H,10-15H2,2-3H3,(H,29,33)(H,26,27,28).